The third-order valence-electron chi connectivity index (χ3n) is 8.22. The van der Waals surface area contributed by atoms with Crippen LogP contribution in [0.4, 0.5) is 4.79 Å². The molecule has 0 saturated carbocycles. The summed E-state index contributed by atoms with van der Waals surface area (Å²) < 4.78 is 13.3. The van der Waals surface area contributed by atoms with Crippen LogP contribution in [0.5, 0.6) is 0 Å². The molecule has 6 nitrogen and oxygen atoms in total. The summed E-state index contributed by atoms with van der Waals surface area (Å²) in [7, 11) is -0.749. The van der Waals surface area contributed by atoms with Gasteiger partial charge in [-0.25, -0.2) is 4.79 Å². The summed E-state index contributed by atoms with van der Waals surface area (Å²) >= 11 is 0. The van der Waals surface area contributed by atoms with Crippen molar-refractivity contribution in [3.05, 3.63) is 24.8 Å². The van der Waals surface area contributed by atoms with E-state index in [2.05, 4.69) is 73.1 Å². The van der Waals surface area contributed by atoms with Gasteiger partial charge in [0.2, 0.25) is 0 Å². The Bertz CT molecular complexity index is 689. The minimum atomic E-state index is -2.23. The molecule has 0 aromatic carbocycles. The van der Waals surface area contributed by atoms with Gasteiger partial charge in [0, 0.05) is 14.1 Å². The van der Waals surface area contributed by atoms with Gasteiger partial charge in [-0.1, -0.05) is 54.2 Å². The molecule has 2 amide bonds. The summed E-state index contributed by atoms with van der Waals surface area (Å²) in [6.07, 6.45) is 1.53. The molecular formula is C26H54N2O4Si2. The second-order valence-corrected chi connectivity index (χ2v) is 21.0. The lowest BCUT2D eigenvalue weighted by atomic mass is 9.71. The molecule has 0 saturated heterocycles. The fraction of sp³-hybridized carbons (Fsp3) is 0.808. The maximum Gasteiger partial charge on any atom is 0.317 e. The first kappa shape index (κ1) is 33.1. The molecule has 0 radical (unpaired) electrons. The van der Waals surface area contributed by atoms with Gasteiger partial charge in [0.05, 0.1) is 12.7 Å². The van der Waals surface area contributed by atoms with Crippen LogP contribution in [0, 0.1) is 0 Å². The number of nitrogens with zero attached hydrogens (tertiary/aromatic N) is 1. The summed E-state index contributed by atoms with van der Waals surface area (Å²) in [5, 5.41) is 15.2. The molecule has 34 heavy (non-hydrogen) atoms. The van der Waals surface area contributed by atoms with Crippen molar-refractivity contribution >= 4 is 22.7 Å². The van der Waals surface area contributed by atoms with E-state index >= 15 is 0 Å². The summed E-state index contributed by atoms with van der Waals surface area (Å²) in [4.78, 5) is 14.5. The second-order valence-electron chi connectivity index (χ2n) is 11.5. The van der Waals surface area contributed by atoms with E-state index in [1.54, 1.807) is 27.1 Å². The number of hydrogen-bond donors (Lipinski definition) is 2. The maximum absolute atomic E-state index is 13.0. The van der Waals surface area contributed by atoms with Crippen LogP contribution in [-0.2, 0) is 8.85 Å². The van der Waals surface area contributed by atoms with Gasteiger partial charge < -0.3 is 24.2 Å². The molecule has 0 aliphatic heterocycles. The number of urea groups is 1. The fourth-order valence-corrected chi connectivity index (χ4v) is 8.07. The fourth-order valence-electron chi connectivity index (χ4n) is 4.04. The number of nitrogens with one attached hydrogen (secondary N) is 1. The Morgan fingerprint density at radius 3 is 1.94 bits per heavy atom. The molecule has 2 N–H and O–H groups in total. The molecule has 0 aliphatic carbocycles. The number of rotatable bonds is 14. The first-order valence-corrected chi connectivity index (χ1v) is 18.1. The maximum atomic E-state index is 13.0. The standard InChI is InChI=1S/C26H54N2O4Si2/c1-15-19-26(27-23(29)28(11)12,22(6)32-33(13,14)24(7,8)9)25(10,30)21(5)20-31-34(16-2,17-3)18-4/h15,22,30H,1,5,16-20H2,2-4,6-14H3,(H,27,29)/t22-,25-,26+/m0/s1. The van der Waals surface area contributed by atoms with Crippen LogP contribution < -0.4 is 5.32 Å². The number of aliphatic hydroxyl groups is 1. The molecule has 0 aliphatic rings. The smallest absolute Gasteiger partial charge is 0.317 e. The van der Waals surface area contributed by atoms with Crippen molar-refractivity contribution in [3.8, 4) is 0 Å². The van der Waals surface area contributed by atoms with Crippen molar-refractivity contribution in [2.75, 3.05) is 20.7 Å². The van der Waals surface area contributed by atoms with Crippen molar-refractivity contribution in [2.45, 2.75) is 115 Å². The minimum absolute atomic E-state index is 0.0344. The van der Waals surface area contributed by atoms with Gasteiger partial charge in [-0.05, 0) is 62.1 Å². The Kier molecular flexibility index (Phi) is 12.0. The first-order chi connectivity index (χ1) is 15.3. The van der Waals surface area contributed by atoms with Crippen molar-refractivity contribution in [1.29, 1.82) is 0 Å². The summed E-state index contributed by atoms with van der Waals surface area (Å²) in [5.41, 5.74) is -2.16. The van der Waals surface area contributed by atoms with Gasteiger partial charge in [-0.3, -0.25) is 0 Å². The number of amides is 2. The van der Waals surface area contributed by atoms with E-state index in [1.165, 1.54) is 4.90 Å². The number of carbonyl (C=O) groups is 1. The van der Waals surface area contributed by atoms with Crippen molar-refractivity contribution < 1.29 is 18.8 Å². The zero-order valence-electron chi connectivity index (χ0n) is 24.2. The molecule has 0 spiro atoms. The van der Waals surface area contributed by atoms with E-state index in [0.29, 0.717) is 12.0 Å². The lowest BCUT2D eigenvalue weighted by molar-refractivity contribution is -0.0621. The highest BCUT2D eigenvalue weighted by molar-refractivity contribution is 6.74. The van der Waals surface area contributed by atoms with Crippen molar-refractivity contribution in [1.82, 2.24) is 10.2 Å². The van der Waals surface area contributed by atoms with Crippen molar-refractivity contribution in [2.24, 2.45) is 0 Å². The largest absolute Gasteiger partial charge is 0.413 e. The lowest BCUT2D eigenvalue weighted by Crippen LogP contribution is -2.72. The van der Waals surface area contributed by atoms with Gasteiger partial charge >= 0.3 is 6.03 Å². The summed E-state index contributed by atoms with van der Waals surface area (Å²) in [5.74, 6) is 0. The van der Waals surface area contributed by atoms with E-state index < -0.39 is 33.9 Å². The third-order valence-corrected chi connectivity index (χ3v) is 17.4. The van der Waals surface area contributed by atoms with Crippen LogP contribution in [-0.4, -0.2) is 70.6 Å². The van der Waals surface area contributed by atoms with E-state index in [1.807, 2.05) is 6.92 Å². The third kappa shape index (κ3) is 7.29. The monoisotopic (exact) mass is 514 g/mol. The van der Waals surface area contributed by atoms with E-state index in [0.717, 1.165) is 18.1 Å². The van der Waals surface area contributed by atoms with Crippen LogP contribution in [0.15, 0.2) is 24.8 Å². The molecule has 8 heteroatoms. The van der Waals surface area contributed by atoms with E-state index in [9.17, 15) is 9.90 Å². The zero-order chi connectivity index (χ0) is 27.2. The molecule has 0 aromatic rings. The molecule has 3 atom stereocenters. The molecule has 0 bridgehead atoms. The molecule has 200 valence electrons. The highest BCUT2D eigenvalue weighted by Crippen LogP contribution is 2.43. The normalized spacial score (nSPS) is 17.3. The first-order valence-electron chi connectivity index (χ1n) is 12.7. The van der Waals surface area contributed by atoms with Gasteiger partial charge in [-0.15, -0.1) is 6.58 Å². The van der Waals surface area contributed by atoms with Gasteiger partial charge in [-0.2, -0.15) is 0 Å². The lowest BCUT2D eigenvalue weighted by Gasteiger charge is -2.53. The van der Waals surface area contributed by atoms with Crippen molar-refractivity contribution in [3.63, 3.8) is 0 Å². The predicted octanol–water partition coefficient (Wildman–Crippen LogP) is 6.31. The zero-order valence-corrected chi connectivity index (χ0v) is 26.2. The molecule has 0 unspecified atom stereocenters. The van der Waals surface area contributed by atoms with E-state index in [4.69, 9.17) is 8.85 Å². The molecule has 0 aromatic heterocycles. The van der Waals surface area contributed by atoms with Crippen LogP contribution in [0.25, 0.3) is 0 Å². The quantitative estimate of drug-likeness (QED) is 0.210. The molecule has 0 rings (SSSR count). The van der Waals surface area contributed by atoms with Gasteiger partial charge in [0.25, 0.3) is 0 Å². The SMILES string of the molecule is C=CC[C@@](NC(=O)N(C)C)([C@H](C)O[Si](C)(C)C(C)(C)C)[C@@](C)(O)C(=C)CO[Si](CC)(CC)CC. The van der Waals surface area contributed by atoms with Gasteiger partial charge in [0.15, 0.2) is 16.6 Å². The Labute approximate surface area is 212 Å². The second kappa shape index (κ2) is 12.3. The molecular weight excluding hydrogens is 460 g/mol. The topological polar surface area (TPSA) is 71.0 Å². The van der Waals surface area contributed by atoms with Crippen LogP contribution in [0.3, 0.4) is 0 Å². The molecule has 0 fully saturated rings. The van der Waals surface area contributed by atoms with Crippen LogP contribution in [0.2, 0.25) is 36.3 Å². The Balaban J connectivity index is 6.52. The summed E-state index contributed by atoms with van der Waals surface area (Å²) in [6.45, 7) is 29.5. The number of carbonyl (C=O) groups excluding carboxylic acids is 1. The average Bonchev–Trinajstić information content (AvgIpc) is 2.72. The minimum Gasteiger partial charge on any atom is -0.413 e. The Morgan fingerprint density at radius 2 is 1.59 bits per heavy atom. The highest BCUT2D eigenvalue weighted by atomic mass is 28.4. The Morgan fingerprint density at radius 1 is 1.12 bits per heavy atom. The number of hydrogen-bond acceptors (Lipinski definition) is 4. The van der Waals surface area contributed by atoms with Crippen LogP contribution >= 0.6 is 0 Å². The summed E-state index contributed by atoms with van der Waals surface area (Å²) in [6, 6.07) is 2.72. The average molecular weight is 515 g/mol. The molecule has 0 heterocycles. The van der Waals surface area contributed by atoms with E-state index in [-0.39, 0.29) is 17.7 Å². The predicted molar refractivity (Wildman–Crippen MR) is 150 cm³/mol. The van der Waals surface area contributed by atoms with Gasteiger partial charge in [0.1, 0.15) is 11.1 Å². The Hall–Kier alpha value is -0.936. The van der Waals surface area contributed by atoms with Crippen LogP contribution in [0.1, 0.15) is 61.8 Å². The highest BCUT2D eigenvalue weighted by Gasteiger charge is 2.55.